The first-order valence-corrected chi connectivity index (χ1v) is 21.6. The van der Waals surface area contributed by atoms with Gasteiger partial charge in [0.05, 0.1) is 11.8 Å². The topological polar surface area (TPSA) is 132 Å². The number of piperidine rings is 2. The molecule has 2 aromatic rings. The summed E-state index contributed by atoms with van der Waals surface area (Å²) in [7, 11) is -3.60. The number of benzene rings is 1. The van der Waals surface area contributed by atoms with Gasteiger partial charge in [-0.25, -0.2) is 19.2 Å². The molecule has 1 aromatic carbocycles. The summed E-state index contributed by atoms with van der Waals surface area (Å²) in [6.45, 7) is 20.0. The van der Waals surface area contributed by atoms with Gasteiger partial charge in [0.15, 0.2) is 11.6 Å². The molecule has 5 heterocycles. The maximum absolute atomic E-state index is 14.5. The Bertz CT molecular complexity index is 1790. The number of aromatic nitrogens is 2. The molecular weight excluding hydrogens is 740 g/mol. The molecule has 16 heteroatoms. The molecule has 0 aliphatic carbocycles. The summed E-state index contributed by atoms with van der Waals surface area (Å²) in [6.07, 6.45) is 7.53. The van der Waals surface area contributed by atoms with Gasteiger partial charge < -0.3 is 29.1 Å². The van der Waals surface area contributed by atoms with Crippen LogP contribution in [0.2, 0.25) is 0 Å². The monoisotopic (exact) mass is 800 g/mol. The van der Waals surface area contributed by atoms with Crippen molar-refractivity contribution >= 4 is 28.0 Å². The molecule has 56 heavy (non-hydrogen) atoms. The minimum atomic E-state index is -3.60. The van der Waals surface area contributed by atoms with Crippen LogP contribution < -0.4 is 9.64 Å². The number of carbonyl (C=O) groups excluding carboxylic acids is 2. The molecule has 6 rings (SSSR count). The predicted molar refractivity (Wildman–Crippen MR) is 212 cm³/mol. The number of halogens is 1. The van der Waals surface area contributed by atoms with Crippen molar-refractivity contribution in [2.75, 3.05) is 76.9 Å². The van der Waals surface area contributed by atoms with E-state index in [1.54, 1.807) is 20.3 Å². The number of amides is 2. The Kier molecular flexibility index (Phi) is 12.8. The van der Waals surface area contributed by atoms with Gasteiger partial charge >= 0.3 is 6.09 Å². The maximum Gasteiger partial charge on any atom is 0.410 e. The first-order valence-electron chi connectivity index (χ1n) is 20.3. The standard InChI is InChI=1S/C40H61FN8O6S/c1-29(2)49(30(3)4)37(50)33-24-32(41)8-9-34(33)54-35-25-42-28-43-36(35)46-15-10-31(27-46)26-44-16-11-40(12-17-44)13-18-47(19-14-40)56(52,53)48-22-20-45(21-23-48)38(51)55-39(5,6)7/h8-9,24-25,28-31H,10-23,26-27H2,1-7H3/t31-/m0/s1. The average Bonchev–Trinajstić information content (AvgIpc) is 3.61. The summed E-state index contributed by atoms with van der Waals surface area (Å²) in [5, 5.41) is 0. The molecule has 0 saturated carbocycles. The molecule has 4 fully saturated rings. The Morgan fingerprint density at radius 1 is 0.911 bits per heavy atom. The Morgan fingerprint density at radius 2 is 1.54 bits per heavy atom. The summed E-state index contributed by atoms with van der Waals surface area (Å²) in [5.41, 5.74) is -0.272. The van der Waals surface area contributed by atoms with Gasteiger partial charge in [0.2, 0.25) is 0 Å². The van der Waals surface area contributed by atoms with Gasteiger partial charge in [-0.3, -0.25) is 4.79 Å². The zero-order valence-electron chi connectivity index (χ0n) is 34.2. The summed E-state index contributed by atoms with van der Waals surface area (Å²) < 4.78 is 56.6. The highest BCUT2D eigenvalue weighted by molar-refractivity contribution is 7.86. The number of nitrogens with zero attached hydrogens (tertiary/aromatic N) is 8. The van der Waals surface area contributed by atoms with Crippen molar-refractivity contribution in [3.8, 4) is 11.5 Å². The summed E-state index contributed by atoms with van der Waals surface area (Å²) in [4.78, 5) is 43.0. The van der Waals surface area contributed by atoms with E-state index < -0.39 is 27.7 Å². The first kappa shape index (κ1) is 42.0. The van der Waals surface area contributed by atoms with Crippen LogP contribution in [0.25, 0.3) is 0 Å². The lowest BCUT2D eigenvalue weighted by atomic mass is 9.71. The van der Waals surface area contributed by atoms with Crippen LogP contribution in [0.4, 0.5) is 15.0 Å². The third kappa shape index (κ3) is 9.74. The van der Waals surface area contributed by atoms with Crippen molar-refractivity contribution in [2.45, 2.75) is 98.3 Å². The van der Waals surface area contributed by atoms with E-state index in [4.69, 9.17) is 9.47 Å². The van der Waals surface area contributed by atoms with E-state index in [0.717, 1.165) is 64.8 Å². The van der Waals surface area contributed by atoms with E-state index >= 15 is 0 Å². The smallest absolute Gasteiger partial charge is 0.410 e. The molecule has 1 atom stereocenters. The van der Waals surface area contributed by atoms with Gasteiger partial charge in [-0.15, -0.1) is 0 Å². The highest BCUT2D eigenvalue weighted by Gasteiger charge is 2.43. The number of piperazine rings is 1. The van der Waals surface area contributed by atoms with Crippen LogP contribution in [-0.2, 0) is 14.9 Å². The van der Waals surface area contributed by atoms with Crippen LogP contribution in [0.1, 0.15) is 90.9 Å². The van der Waals surface area contributed by atoms with Crippen molar-refractivity contribution < 1.29 is 31.9 Å². The number of ether oxygens (including phenoxy) is 2. The van der Waals surface area contributed by atoms with E-state index in [9.17, 15) is 22.4 Å². The molecule has 1 spiro atoms. The van der Waals surface area contributed by atoms with Gasteiger partial charge in [-0.2, -0.15) is 17.0 Å². The van der Waals surface area contributed by atoms with Crippen molar-refractivity contribution in [3.63, 3.8) is 0 Å². The number of rotatable bonds is 10. The zero-order valence-corrected chi connectivity index (χ0v) is 35.1. The predicted octanol–water partition coefficient (Wildman–Crippen LogP) is 5.47. The average molecular weight is 801 g/mol. The van der Waals surface area contributed by atoms with E-state index in [1.165, 1.54) is 28.8 Å². The van der Waals surface area contributed by atoms with Gasteiger partial charge in [0.25, 0.3) is 16.1 Å². The third-order valence-corrected chi connectivity index (χ3v) is 13.8. The van der Waals surface area contributed by atoms with Crippen LogP contribution in [0, 0.1) is 17.2 Å². The lowest BCUT2D eigenvalue weighted by Crippen LogP contribution is -2.56. The van der Waals surface area contributed by atoms with Gasteiger partial charge in [0, 0.05) is 71.0 Å². The summed E-state index contributed by atoms with van der Waals surface area (Å²) in [6, 6.07) is 3.87. The summed E-state index contributed by atoms with van der Waals surface area (Å²) in [5.74, 6) is 0.965. The molecule has 0 radical (unpaired) electrons. The van der Waals surface area contributed by atoms with Crippen LogP contribution in [0.5, 0.6) is 11.5 Å². The lowest BCUT2D eigenvalue weighted by molar-refractivity contribution is 0.0184. The third-order valence-electron chi connectivity index (χ3n) is 11.7. The van der Waals surface area contributed by atoms with E-state index in [2.05, 4.69) is 19.8 Å². The minimum Gasteiger partial charge on any atom is -0.451 e. The Hall–Kier alpha value is -3.60. The maximum atomic E-state index is 14.5. The molecule has 4 aliphatic rings. The van der Waals surface area contributed by atoms with Gasteiger partial charge in [-0.05, 0) is 123 Å². The quantitative estimate of drug-likeness (QED) is 0.305. The Balaban J connectivity index is 0.989. The van der Waals surface area contributed by atoms with E-state index in [-0.39, 0.29) is 47.8 Å². The first-order chi connectivity index (χ1) is 26.4. The normalized spacial score (nSPS) is 21.6. The fraction of sp³-hybridized carbons (Fsp3) is 0.700. The minimum absolute atomic E-state index is 0.0780. The Labute approximate surface area is 332 Å². The highest BCUT2D eigenvalue weighted by Crippen LogP contribution is 2.43. The van der Waals surface area contributed by atoms with E-state index in [0.29, 0.717) is 43.7 Å². The van der Waals surface area contributed by atoms with Crippen LogP contribution in [-0.4, -0.2) is 143 Å². The van der Waals surface area contributed by atoms with Gasteiger partial charge in [-0.1, -0.05) is 0 Å². The fourth-order valence-corrected chi connectivity index (χ4v) is 10.3. The number of anilines is 1. The number of carbonyl (C=O) groups is 2. The van der Waals surface area contributed by atoms with Gasteiger partial charge in [0.1, 0.15) is 23.5 Å². The second-order valence-electron chi connectivity index (χ2n) is 17.5. The number of hydrogen-bond donors (Lipinski definition) is 0. The molecule has 4 saturated heterocycles. The lowest BCUT2D eigenvalue weighted by Gasteiger charge is -2.47. The van der Waals surface area contributed by atoms with Crippen LogP contribution in [0.3, 0.4) is 0 Å². The number of likely N-dealkylation sites (tertiary alicyclic amines) is 1. The second kappa shape index (κ2) is 17.1. The molecule has 14 nitrogen and oxygen atoms in total. The van der Waals surface area contributed by atoms with Crippen LogP contribution >= 0.6 is 0 Å². The SMILES string of the molecule is CC(C)N(C(=O)c1cc(F)ccc1Oc1cncnc1N1CC[C@@H](CN2CCC3(CC2)CCN(S(=O)(=O)N2CCN(C(=O)OC(C)(C)C)CC2)CC3)C1)C(C)C. The molecule has 0 unspecified atom stereocenters. The van der Waals surface area contributed by atoms with Crippen LogP contribution in [0.15, 0.2) is 30.7 Å². The molecule has 2 amide bonds. The van der Waals surface area contributed by atoms with Crippen molar-refractivity contribution in [1.82, 2.24) is 33.3 Å². The largest absolute Gasteiger partial charge is 0.451 e. The molecule has 1 aromatic heterocycles. The van der Waals surface area contributed by atoms with E-state index in [1.807, 2.05) is 48.5 Å². The molecule has 4 aliphatic heterocycles. The highest BCUT2D eigenvalue weighted by atomic mass is 32.2. The zero-order chi connectivity index (χ0) is 40.4. The van der Waals surface area contributed by atoms with Crippen molar-refractivity contribution in [2.24, 2.45) is 11.3 Å². The van der Waals surface area contributed by atoms with Crippen molar-refractivity contribution in [3.05, 3.63) is 42.1 Å². The molecule has 310 valence electrons. The second-order valence-corrected chi connectivity index (χ2v) is 19.5. The Morgan fingerprint density at radius 3 is 2.16 bits per heavy atom. The molecule has 0 N–H and O–H groups in total. The number of hydrogen-bond acceptors (Lipinski definition) is 10. The van der Waals surface area contributed by atoms with Crippen molar-refractivity contribution in [1.29, 1.82) is 0 Å². The molecular formula is C40H61FN8O6S. The summed E-state index contributed by atoms with van der Waals surface area (Å²) >= 11 is 0. The molecule has 0 bridgehead atoms. The fourth-order valence-electron chi connectivity index (χ4n) is 8.73.